The second-order valence-corrected chi connectivity index (χ2v) is 9.54. The molecule has 0 aliphatic rings. The van der Waals surface area contributed by atoms with Crippen LogP contribution in [0.15, 0.2) is 58.3 Å². The smallest absolute Gasteiger partial charge is 0.221 e. The van der Waals surface area contributed by atoms with Crippen LogP contribution in [0.1, 0.15) is 31.4 Å². The minimum atomic E-state index is -3.21. The minimum Gasteiger partial charge on any atom is -0.349 e. The van der Waals surface area contributed by atoms with Crippen molar-refractivity contribution in [3.63, 3.8) is 0 Å². The molecule has 0 radical (unpaired) electrons. The molecule has 1 N–H and O–H groups in total. The minimum absolute atomic E-state index is 0.0227. The van der Waals surface area contributed by atoms with Crippen LogP contribution in [0.4, 0.5) is 0 Å². The molecule has 2 aromatic carbocycles. The summed E-state index contributed by atoms with van der Waals surface area (Å²) in [5.41, 5.74) is 0.901. The van der Waals surface area contributed by atoms with E-state index in [2.05, 4.69) is 5.32 Å². The quantitative estimate of drug-likeness (QED) is 0.650. The summed E-state index contributed by atoms with van der Waals surface area (Å²) >= 11 is 7.46. The normalized spacial score (nSPS) is 12.6. The monoisotopic (exact) mass is 411 g/mol. The molecule has 0 aliphatic heterocycles. The van der Waals surface area contributed by atoms with Crippen molar-refractivity contribution in [2.24, 2.45) is 0 Å². The lowest BCUT2D eigenvalue weighted by atomic mass is 10.0. The van der Waals surface area contributed by atoms with Gasteiger partial charge in [0.15, 0.2) is 9.84 Å². The first kappa shape index (κ1) is 20.8. The van der Waals surface area contributed by atoms with Gasteiger partial charge >= 0.3 is 0 Å². The van der Waals surface area contributed by atoms with E-state index in [-0.39, 0.29) is 16.8 Å². The number of carbonyl (C=O) groups is 1. The van der Waals surface area contributed by atoms with Crippen molar-refractivity contribution in [2.45, 2.75) is 35.6 Å². The van der Waals surface area contributed by atoms with Crippen molar-refractivity contribution < 1.29 is 13.2 Å². The van der Waals surface area contributed by atoms with Crippen molar-refractivity contribution >= 4 is 39.1 Å². The Hall–Kier alpha value is -1.50. The third kappa shape index (κ3) is 6.34. The van der Waals surface area contributed by atoms with Gasteiger partial charge < -0.3 is 5.32 Å². The molecule has 0 fully saturated rings. The lowest BCUT2D eigenvalue weighted by Crippen LogP contribution is -2.28. The van der Waals surface area contributed by atoms with Crippen LogP contribution in [-0.2, 0) is 14.6 Å². The highest BCUT2D eigenvalue weighted by Gasteiger charge is 2.14. The van der Waals surface area contributed by atoms with Gasteiger partial charge in [0, 0.05) is 28.3 Å². The Morgan fingerprint density at radius 1 is 1.12 bits per heavy atom. The van der Waals surface area contributed by atoms with E-state index in [0.717, 1.165) is 16.9 Å². The van der Waals surface area contributed by atoms with Crippen molar-refractivity contribution in [1.29, 1.82) is 0 Å². The molecule has 0 unspecified atom stereocenters. The van der Waals surface area contributed by atoms with E-state index in [9.17, 15) is 13.2 Å². The van der Waals surface area contributed by atoms with Gasteiger partial charge in [-0.1, -0.05) is 30.7 Å². The van der Waals surface area contributed by atoms with Crippen LogP contribution in [0.5, 0.6) is 0 Å². The zero-order chi connectivity index (χ0) is 19.2. The Bertz CT molecular complexity index is 834. The van der Waals surface area contributed by atoms with Crippen LogP contribution in [0.2, 0.25) is 5.02 Å². The average molecular weight is 412 g/mol. The molecule has 4 nitrogen and oxygen atoms in total. The fourth-order valence-electron chi connectivity index (χ4n) is 2.43. The van der Waals surface area contributed by atoms with E-state index in [1.54, 1.807) is 36.0 Å². The molecule has 2 aromatic rings. The summed E-state index contributed by atoms with van der Waals surface area (Å²) in [6.45, 7) is 1.98. The highest BCUT2D eigenvalue weighted by atomic mass is 35.5. The first-order chi connectivity index (χ1) is 12.3. The fourth-order valence-corrected chi connectivity index (χ4v) is 4.04. The predicted octanol–water partition coefficient (Wildman–Crippen LogP) is 4.49. The van der Waals surface area contributed by atoms with Crippen molar-refractivity contribution in [3.8, 4) is 0 Å². The summed E-state index contributed by atoms with van der Waals surface area (Å²) in [6, 6.07) is 14.1. The van der Waals surface area contributed by atoms with Gasteiger partial charge in [0.25, 0.3) is 0 Å². The van der Waals surface area contributed by atoms with E-state index in [1.165, 1.54) is 6.26 Å². The van der Waals surface area contributed by atoms with E-state index >= 15 is 0 Å². The molecule has 7 heteroatoms. The lowest BCUT2D eigenvalue weighted by molar-refractivity contribution is -0.121. The molecule has 0 aliphatic carbocycles. The molecule has 0 bridgehead atoms. The van der Waals surface area contributed by atoms with Gasteiger partial charge in [0.1, 0.15) is 0 Å². The second kappa shape index (κ2) is 9.44. The summed E-state index contributed by atoms with van der Waals surface area (Å²) in [6.07, 6.45) is 2.32. The molecule has 0 saturated carbocycles. The molecule has 0 saturated heterocycles. The topological polar surface area (TPSA) is 63.2 Å². The summed E-state index contributed by atoms with van der Waals surface area (Å²) in [4.78, 5) is 13.6. The maximum Gasteiger partial charge on any atom is 0.221 e. The molecule has 26 heavy (non-hydrogen) atoms. The van der Waals surface area contributed by atoms with Crippen molar-refractivity contribution in [2.75, 3.05) is 12.0 Å². The number of rotatable bonds is 8. The number of carbonyl (C=O) groups excluding carboxylic acids is 1. The molecule has 0 aromatic heterocycles. The highest BCUT2D eigenvalue weighted by Crippen LogP contribution is 2.22. The van der Waals surface area contributed by atoms with E-state index < -0.39 is 9.84 Å². The fraction of sp³-hybridized carbons (Fsp3) is 0.316. The first-order valence-electron chi connectivity index (χ1n) is 8.27. The number of amides is 1. The number of sulfone groups is 1. The van der Waals surface area contributed by atoms with Gasteiger partial charge in [-0.25, -0.2) is 8.42 Å². The Morgan fingerprint density at radius 3 is 2.27 bits per heavy atom. The van der Waals surface area contributed by atoms with Crippen LogP contribution < -0.4 is 5.32 Å². The molecule has 0 heterocycles. The first-order valence-corrected chi connectivity index (χ1v) is 11.5. The van der Waals surface area contributed by atoms with Gasteiger partial charge in [-0.2, -0.15) is 0 Å². The van der Waals surface area contributed by atoms with Crippen molar-refractivity contribution in [1.82, 2.24) is 5.32 Å². The second-order valence-electron chi connectivity index (χ2n) is 5.92. The maximum absolute atomic E-state index is 12.2. The van der Waals surface area contributed by atoms with Gasteiger partial charge in [-0.05, 0) is 48.4 Å². The predicted molar refractivity (Wildman–Crippen MR) is 108 cm³/mol. The number of nitrogens with one attached hydrogen (secondary N) is 1. The molecule has 1 amide bonds. The van der Waals surface area contributed by atoms with Crippen LogP contribution in [0, 0.1) is 0 Å². The Balaban J connectivity index is 1.88. The van der Waals surface area contributed by atoms with Gasteiger partial charge in [0.05, 0.1) is 10.9 Å². The van der Waals surface area contributed by atoms with Crippen LogP contribution in [-0.4, -0.2) is 26.3 Å². The third-order valence-electron chi connectivity index (χ3n) is 3.87. The van der Waals surface area contributed by atoms with Crippen LogP contribution in [0.25, 0.3) is 0 Å². The summed E-state index contributed by atoms with van der Waals surface area (Å²) in [5, 5.41) is 3.71. The largest absolute Gasteiger partial charge is 0.349 e. The number of benzene rings is 2. The molecular formula is C19H22ClNO3S2. The molecule has 0 spiro atoms. The van der Waals surface area contributed by atoms with E-state index in [4.69, 9.17) is 11.6 Å². The third-order valence-corrected chi connectivity index (χ3v) is 6.26. The molecular weight excluding hydrogens is 390 g/mol. The van der Waals surface area contributed by atoms with Crippen molar-refractivity contribution in [3.05, 3.63) is 59.1 Å². The molecule has 2 rings (SSSR count). The zero-order valence-corrected chi connectivity index (χ0v) is 17.1. The Labute approximate surface area is 164 Å². The average Bonchev–Trinajstić information content (AvgIpc) is 2.61. The number of hydrogen-bond donors (Lipinski definition) is 1. The zero-order valence-electron chi connectivity index (χ0n) is 14.7. The number of thioether (sulfide) groups is 1. The molecule has 140 valence electrons. The SMILES string of the molecule is CC[C@@H](NC(=O)CCSc1ccc(Cl)cc1)c1ccc(S(C)(=O)=O)cc1. The lowest BCUT2D eigenvalue weighted by Gasteiger charge is -2.18. The standard InChI is InChI=1S/C19H22ClNO3S2/c1-3-18(14-4-10-17(11-5-14)26(2,23)24)21-19(22)12-13-25-16-8-6-15(20)7-9-16/h4-11,18H,3,12-13H2,1-2H3,(H,21,22)/t18-/m1/s1. The summed E-state index contributed by atoms with van der Waals surface area (Å²) in [7, 11) is -3.21. The highest BCUT2D eigenvalue weighted by molar-refractivity contribution is 7.99. The van der Waals surface area contributed by atoms with Gasteiger partial charge in [-0.15, -0.1) is 11.8 Å². The maximum atomic E-state index is 12.2. The molecule has 1 atom stereocenters. The number of hydrogen-bond acceptors (Lipinski definition) is 4. The van der Waals surface area contributed by atoms with Crippen LogP contribution >= 0.6 is 23.4 Å². The Morgan fingerprint density at radius 2 is 1.73 bits per heavy atom. The Kier molecular flexibility index (Phi) is 7.55. The van der Waals surface area contributed by atoms with Crippen LogP contribution in [0.3, 0.4) is 0 Å². The summed E-state index contributed by atoms with van der Waals surface area (Å²) in [5.74, 6) is 0.655. The summed E-state index contributed by atoms with van der Waals surface area (Å²) < 4.78 is 23.1. The van der Waals surface area contributed by atoms with E-state index in [1.807, 2.05) is 31.2 Å². The van der Waals surface area contributed by atoms with Gasteiger partial charge in [-0.3, -0.25) is 4.79 Å². The van der Waals surface area contributed by atoms with E-state index in [0.29, 0.717) is 17.2 Å². The number of halogens is 1. The van der Waals surface area contributed by atoms with Gasteiger partial charge in [0.2, 0.25) is 5.91 Å².